The molecule has 2 rings (SSSR count). The Morgan fingerprint density at radius 2 is 1.93 bits per heavy atom. The van der Waals surface area contributed by atoms with Gasteiger partial charge in [-0.2, -0.15) is 4.31 Å². The molecule has 1 aromatic rings. The van der Waals surface area contributed by atoms with Gasteiger partial charge in [0.1, 0.15) is 10.6 Å². The predicted molar refractivity (Wildman–Crippen MR) is 106 cm³/mol. The highest BCUT2D eigenvalue weighted by atomic mass is 32.2. The van der Waals surface area contributed by atoms with Crippen molar-refractivity contribution in [2.75, 3.05) is 59.2 Å². The maximum absolute atomic E-state index is 13.0. The lowest BCUT2D eigenvalue weighted by Gasteiger charge is -2.26. The summed E-state index contributed by atoms with van der Waals surface area (Å²) in [5, 5.41) is 5.79. The number of ether oxygens (including phenoxy) is 1. The highest BCUT2D eigenvalue weighted by molar-refractivity contribution is 7.89. The van der Waals surface area contributed by atoms with Crippen LogP contribution in [0.1, 0.15) is 19.3 Å². The summed E-state index contributed by atoms with van der Waals surface area (Å²) < 4.78 is 32.7. The highest BCUT2D eigenvalue weighted by Gasteiger charge is 2.29. The summed E-state index contributed by atoms with van der Waals surface area (Å²) in [5.41, 5.74) is 0.436. The Morgan fingerprint density at radius 3 is 2.56 bits per heavy atom. The zero-order chi connectivity index (χ0) is 19.9. The zero-order valence-electron chi connectivity index (χ0n) is 16.3. The van der Waals surface area contributed by atoms with Crippen LogP contribution in [-0.2, 0) is 14.8 Å². The molecule has 1 heterocycles. The van der Waals surface area contributed by atoms with Crippen molar-refractivity contribution in [3.8, 4) is 5.75 Å². The Bertz CT molecular complexity index is 731. The van der Waals surface area contributed by atoms with Crippen molar-refractivity contribution < 1.29 is 17.9 Å². The summed E-state index contributed by atoms with van der Waals surface area (Å²) in [4.78, 5) is 14.2. The maximum Gasteiger partial charge on any atom is 0.246 e. The lowest BCUT2D eigenvalue weighted by Crippen LogP contribution is -2.36. The molecule has 1 fully saturated rings. The summed E-state index contributed by atoms with van der Waals surface area (Å²) in [6.07, 6.45) is 2.76. The Labute approximate surface area is 161 Å². The van der Waals surface area contributed by atoms with E-state index in [4.69, 9.17) is 4.74 Å². The molecule has 0 spiro atoms. The van der Waals surface area contributed by atoms with Gasteiger partial charge in [0.2, 0.25) is 15.9 Å². The first-order valence-electron chi connectivity index (χ1n) is 9.18. The van der Waals surface area contributed by atoms with E-state index in [9.17, 15) is 13.2 Å². The molecule has 0 bridgehead atoms. The van der Waals surface area contributed by atoms with Crippen LogP contribution in [0, 0.1) is 0 Å². The zero-order valence-corrected chi connectivity index (χ0v) is 17.1. The number of benzene rings is 1. The van der Waals surface area contributed by atoms with Gasteiger partial charge < -0.3 is 20.3 Å². The molecule has 9 heteroatoms. The lowest BCUT2D eigenvalue weighted by atomic mass is 10.2. The van der Waals surface area contributed by atoms with Crippen LogP contribution in [0.25, 0.3) is 0 Å². The standard InChI is InChI=1S/C18H30N4O4S/c1-21(2)12-9-19-14-18(23)20-15-7-8-16(26-3)17(13-15)27(24,25)22-10-5-4-6-11-22/h7-8,13,19H,4-6,9-12,14H2,1-3H3,(H,20,23). The molecule has 152 valence electrons. The van der Waals surface area contributed by atoms with Crippen LogP contribution in [0.15, 0.2) is 23.1 Å². The minimum atomic E-state index is -3.66. The minimum absolute atomic E-state index is 0.0882. The number of nitrogens with zero attached hydrogens (tertiary/aromatic N) is 2. The first-order chi connectivity index (χ1) is 12.8. The fraction of sp³-hybridized carbons (Fsp3) is 0.611. The van der Waals surface area contributed by atoms with E-state index >= 15 is 0 Å². The number of anilines is 1. The molecule has 0 unspecified atom stereocenters. The fourth-order valence-electron chi connectivity index (χ4n) is 2.91. The van der Waals surface area contributed by atoms with Crippen molar-refractivity contribution in [1.29, 1.82) is 0 Å². The number of hydrogen-bond donors (Lipinski definition) is 2. The van der Waals surface area contributed by atoms with Crippen LogP contribution >= 0.6 is 0 Å². The minimum Gasteiger partial charge on any atom is -0.495 e. The molecule has 27 heavy (non-hydrogen) atoms. The highest BCUT2D eigenvalue weighted by Crippen LogP contribution is 2.31. The number of methoxy groups -OCH3 is 1. The second kappa shape index (κ2) is 10.0. The maximum atomic E-state index is 13.0. The van der Waals surface area contributed by atoms with Crippen molar-refractivity contribution >= 4 is 21.6 Å². The molecular formula is C18H30N4O4S. The fourth-order valence-corrected chi connectivity index (χ4v) is 4.61. The van der Waals surface area contributed by atoms with Crippen LogP contribution < -0.4 is 15.4 Å². The van der Waals surface area contributed by atoms with E-state index in [0.29, 0.717) is 25.3 Å². The lowest BCUT2D eigenvalue weighted by molar-refractivity contribution is -0.115. The summed E-state index contributed by atoms with van der Waals surface area (Å²) in [5.74, 6) is 0.0583. The van der Waals surface area contributed by atoms with Crippen molar-refractivity contribution in [2.24, 2.45) is 0 Å². The normalized spacial score (nSPS) is 15.7. The number of carbonyl (C=O) groups is 1. The second-order valence-electron chi connectivity index (χ2n) is 6.86. The van der Waals surface area contributed by atoms with Gasteiger partial charge in [-0.05, 0) is 45.1 Å². The SMILES string of the molecule is COc1ccc(NC(=O)CNCCN(C)C)cc1S(=O)(=O)N1CCCCC1. The average molecular weight is 399 g/mol. The van der Waals surface area contributed by atoms with Crippen LogP contribution in [0.3, 0.4) is 0 Å². The third kappa shape index (κ3) is 6.17. The first-order valence-corrected chi connectivity index (χ1v) is 10.6. The van der Waals surface area contributed by atoms with E-state index in [1.807, 2.05) is 19.0 Å². The Kier molecular flexibility index (Phi) is 8.03. The third-order valence-corrected chi connectivity index (χ3v) is 6.32. The van der Waals surface area contributed by atoms with Crippen LogP contribution in [0.5, 0.6) is 5.75 Å². The monoisotopic (exact) mass is 398 g/mol. The van der Waals surface area contributed by atoms with Gasteiger partial charge in [0, 0.05) is 31.9 Å². The molecule has 1 aliphatic heterocycles. The number of amides is 1. The van der Waals surface area contributed by atoms with E-state index in [2.05, 4.69) is 10.6 Å². The summed E-state index contributed by atoms with van der Waals surface area (Å²) >= 11 is 0. The number of rotatable bonds is 9. The van der Waals surface area contributed by atoms with Gasteiger partial charge in [0.25, 0.3) is 0 Å². The van der Waals surface area contributed by atoms with Crippen molar-refractivity contribution in [2.45, 2.75) is 24.2 Å². The second-order valence-corrected chi connectivity index (χ2v) is 8.76. The molecule has 1 saturated heterocycles. The molecule has 0 aliphatic carbocycles. The number of hydrogen-bond acceptors (Lipinski definition) is 6. The van der Waals surface area contributed by atoms with Crippen LogP contribution in [-0.4, -0.2) is 77.5 Å². The number of sulfonamides is 1. The van der Waals surface area contributed by atoms with Gasteiger partial charge in [-0.3, -0.25) is 4.79 Å². The largest absolute Gasteiger partial charge is 0.495 e. The van der Waals surface area contributed by atoms with Gasteiger partial charge in [-0.15, -0.1) is 0 Å². The number of carbonyl (C=O) groups excluding carboxylic acids is 1. The van der Waals surface area contributed by atoms with Crippen molar-refractivity contribution in [3.05, 3.63) is 18.2 Å². The quantitative estimate of drug-likeness (QED) is 0.602. The molecule has 0 radical (unpaired) electrons. The van der Waals surface area contributed by atoms with E-state index in [0.717, 1.165) is 25.8 Å². The third-order valence-electron chi connectivity index (χ3n) is 4.40. The number of likely N-dealkylation sites (N-methyl/N-ethyl adjacent to an activating group) is 1. The molecule has 0 atom stereocenters. The summed E-state index contributed by atoms with van der Waals surface area (Å²) in [7, 11) is 1.71. The number of nitrogens with one attached hydrogen (secondary N) is 2. The summed E-state index contributed by atoms with van der Waals surface area (Å²) in [6.45, 7) is 2.70. The van der Waals surface area contributed by atoms with E-state index in [1.165, 1.54) is 17.5 Å². The van der Waals surface area contributed by atoms with Crippen molar-refractivity contribution in [1.82, 2.24) is 14.5 Å². The smallest absolute Gasteiger partial charge is 0.246 e. The molecule has 0 aromatic heterocycles. The molecule has 0 saturated carbocycles. The molecule has 1 amide bonds. The predicted octanol–water partition coefficient (Wildman–Crippen LogP) is 0.960. The summed E-state index contributed by atoms with van der Waals surface area (Å²) in [6, 6.07) is 4.69. The molecular weight excluding hydrogens is 368 g/mol. The number of piperidine rings is 1. The van der Waals surface area contributed by atoms with Gasteiger partial charge in [0.15, 0.2) is 0 Å². The van der Waals surface area contributed by atoms with E-state index < -0.39 is 10.0 Å². The van der Waals surface area contributed by atoms with E-state index in [-0.39, 0.29) is 23.1 Å². The van der Waals surface area contributed by atoms with Gasteiger partial charge >= 0.3 is 0 Å². The van der Waals surface area contributed by atoms with Gasteiger partial charge in [-0.25, -0.2) is 8.42 Å². The topological polar surface area (TPSA) is 91.0 Å². The van der Waals surface area contributed by atoms with Gasteiger partial charge in [-0.1, -0.05) is 6.42 Å². The first kappa shape index (κ1) is 21.6. The Morgan fingerprint density at radius 1 is 1.22 bits per heavy atom. The Hall–Kier alpha value is -1.68. The average Bonchev–Trinajstić information content (AvgIpc) is 2.65. The van der Waals surface area contributed by atoms with Crippen LogP contribution in [0.4, 0.5) is 5.69 Å². The molecule has 1 aliphatic rings. The van der Waals surface area contributed by atoms with Crippen LogP contribution in [0.2, 0.25) is 0 Å². The van der Waals surface area contributed by atoms with Crippen molar-refractivity contribution in [3.63, 3.8) is 0 Å². The molecule has 2 N–H and O–H groups in total. The van der Waals surface area contributed by atoms with Gasteiger partial charge in [0.05, 0.1) is 13.7 Å². The molecule has 8 nitrogen and oxygen atoms in total. The molecule has 1 aromatic carbocycles. The Balaban J connectivity index is 2.09. The van der Waals surface area contributed by atoms with E-state index in [1.54, 1.807) is 12.1 Å².